The van der Waals surface area contributed by atoms with E-state index in [-0.39, 0.29) is 24.4 Å². The van der Waals surface area contributed by atoms with Gasteiger partial charge in [-0.15, -0.1) is 0 Å². The normalized spacial score (nSPS) is 10.6. The van der Waals surface area contributed by atoms with E-state index < -0.39 is 11.9 Å². The van der Waals surface area contributed by atoms with Crippen molar-refractivity contribution in [1.29, 1.82) is 0 Å². The second-order valence-corrected chi connectivity index (χ2v) is 7.88. The first-order valence-corrected chi connectivity index (χ1v) is 11.0. The monoisotopic (exact) mass is 471 g/mol. The first-order valence-electron chi connectivity index (χ1n) is 11.0. The number of anilines is 1. The third kappa shape index (κ3) is 5.50. The summed E-state index contributed by atoms with van der Waals surface area (Å²) in [5.74, 6) is -0.680. The molecule has 0 aliphatic heterocycles. The van der Waals surface area contributed by atoms with E-state index in [1.54, 1.807) is 36.4 Å². The van der Waals surface area contributed by atoms with Gasteiger partial charge in [0.15, 0.2) is 0 Å². The number of benzene rings is 3. The van der Waals surface area contributed by atoms with Gasteiger partial charge in [0.05, 0.1) is 31.8 Å². The largest absolute Gasteiger partial charge is 0.496 e. The number of carbonyl (C=O) groups is 3. The second-order valence-electron chi connectivity index (χ2n) is 7.88. The standard InChI is InChI=1S/C27H25N3O5/c1-34-24-10-6-4-8-22(24)26(32)30-20-12-17(11-18(13-20)27(33)35-2)15-29-25(31)14-19-16-28-23-9-5-3-7-21(19)23/h3-13,16,28H,14-15H2,1-2H3,(H,29,31)(H,30,32). The highest BCUT2D eigenvalue weighted by molar-refractivity contribution is 6.06. The first-order chi connectivity index (χ1) is 17.0. The Morgan fingerprint density at radius 1 is 0.943 bits per heavy atom. The molecule has 1 aromatic heterocycles. The van der Waals surface area contributed by atoms with Crippen LogP contribution in [0.15, 0.2) is 72.9 Å². The number of aromatic amines is 1. The van der Waals surface area contributed by atoms with Crippen LogP contribution in [0.3, 0.4) is 0 Å². The molecule has 0 bridgehead atoms. The predicted octanol–water partition coefficient (Wildman–Crippen LogP) is 4.07. The van der Waals surface area contributed by atoms with Crippen LogP contribution in [0.25, 0.3) is 10.9 Å². The van der Waals surface area contributed by atoms with Crippen LogP contribution in [0, 0.1) is 0 Å². The van der Waals surface area contributed by atoms with Gasteiger partial charge < -0.3 is 25.1 Å². The van der Waals surface area contributed by atoms with E-state index in [1.165, 1.54) is 20.3 Å². The third-order valence-corrected chi connectivity index (χ3v) is 5.54. The van der Waals surface area contributed by atoms with Gasteiger partial charge in [0, 0.05) is 29.3 Å². The minimum Gasteiger partial charge on any atom is -0.496 e. The molecule has 178 valence electrons. The van der Waals surface area contributed by atoms with Gasteiger partial charge in [-0.25, -0.2) is 4.79 Å². The van der Waals surface area contributed by atoms with Crippen molar-refractivity contribution in [2.75, 3.05) is 19.5 Å². The lowest BCUT2D eigenvalue weighted by Gasteiger charge is -2.12. The van der Waals surface area contributed by atoms with Crippen LogP contribution in [-0.4, -0.2) is 37.0 Å². The van der Waals surface area contributed by atoms with Crippen LogP contribution < -0.4 is 15.4 Å². The number of carbonyl (C=O) groups excluding carboxylic acids is 3. The molecule has 3 aromatic carbocycles. The molecule has 0 aliphatic rings. The summed E-state index contributed by atoms with van der Waals surface area (Å²) in [6, 6.07) is 19.5. The lowest BCUT2D eigenvalue weighted by Crippen LogP contribution is -2.24. The number of fused-ring (bicyclic) bond motifs is 1. The van der Waals surface area contributed by atoms with Crippen LogP contribution in [0.2, 0.25) is 0 Å². The maximum absolute atomic E-state index is 12.8. The average Bonchev–Trinajstić information content (AvgIpc) is 3.29. The van der Waals surface area contributed by atoms with E-state index in [9.17, 15) is 14.4 Å². The maximum atomic E-state index is 12.8. The Morgan fingerprint density at radius 3 is 2.51 bits per heavy atom. The molecular weight excluding hydrogens is 446 g/mol. The van der Waals surface area contributed by atoms with E-state index in [0.29, 0.717) is 22.6 Å². The van der Waals surface area contributed by atoms with Gasteiger partial charge in [0.2, 0.25) is 5.91 Å². The topological polar surface area (TPSA) is 110 Å². The van der Waals surface area contributed by atoms with E-state index in [2.05, 4.69) is 15.6 Å². The van der Waals surface area contributed by atoms with Crippen molar-refractivity contribution in [3.8, 4) is 5.75 Å². The zero-order chi connectivity index (χ0) is 24.8. The quantitative estimate of drug-likeness (QED) is 0.336. The van der Waals surface area contributed by atoms with Crippen LogP contribution in [0.4, 0.5) is 5.69 Å². The Labute approximate surface area is 202 Å². The minimum absolute atomic E-state index is 0.169. The van der Waals surface area contributed by atoms with Gasteiger partial charge >= 0.3 is 5.97 Å². The predicted molar refractivity (Wildman–Crippen MR) is 133 cm³/mol. The Bertz CT molecular complexity index is 1390. The molecule has 0 saturated carbocycles. The molecule has 0 saturated heterocycles. The maximum Gasteiger partial charge on any atom is 0.337 e. The Morgan fingerprint density at radius 2 is 1.71 bits per heavy atom. The van der Waals surface area contributed by atoms with Crippen molar-refractivity contribution >= 4 is 34.4 Å². The number of hydrogen-bond acceptors (Lipinski definition) is 5. The summed E-state index contributed by atoms with van der Waals surface area (Å²) >= 11 is 0. The molecule has 4 rings (SSSR count). The summed E-state index contributed by atoms with van der Waals surface area (Å²) in [4.78, 5) is 40.8. The molecule has 0 fully saturated rings. The molecule has 2 amide bonds. The van der Waals surface area contributed by atoms with E-state index in [1.807, 2.05) is 30.5 Å². The van der Waals surface area contributed by atoms with Crippen molar-refractivity contribution in [1.82, 2.24) is 10.3 Å². The van der Waals surface area contributed by atoms with Gasteiger partial charge in [0.1, 0.15) is 5.75 Å². The lowest BCUT2D eigenvalue weighted by molar-refractivity contribution is -0.120. The molecule has 0 atom stereocenters. The smallest absolute Gasteiger partial charge is 0.337 e. The molecule has 3 N–H and O–H groups in total. The van der Waals surface area contributed by atoms with Gasteiger partial charge in [0.25, 0.3) is 5.91 Å². The number of H-pyrrole nitrogens is 1. The fourth-order valence-electron chi connectivity index (χ4n) is 3.85. The Kier molecular flexibility index (Phi) is 7.11. The zero-order valence-corrected chi connectivity index (χ0v) is 19.4. The fourth-order valence-corrected chi connectivity index (χ4v) is 3.85. The van der Waals surface area contributed by atoms with Gasteiger partial charge in [-0.3, -0.25) is 9.59 Å². The van der Waals surface area contributed by atoms with Crippen LogP contribution in [0.5, 0.6) is 5.75 Å². The number of esters is 1. The average molecular weight is 472 g/mol. The molecule has 4 aromatic rings. The van der Waals surface area contributed by atoms with Crippen molar-refractivity contribution < 1.29 is 23.9 Å². The van der Waals surface area contributed by atoms with Crippen molar-refractivity contribution in [2.24, 2.45) is 0 Å². The van der Waals surface area contributed by atoms with E-state index >= 15 is 0 Å². The molecule has 0 unspecified atom stereocenters. The summed E-state index contributed by atoms with van der Waals surface area (Å²) in [7, 11) is 2.77. The number of para-hydroxylation sites is 2. The van der Waals surface area contributed by atoms with Crippen molar-refractivity contribution in [2.45, 2.75) is 13.0 Å². The molecule has 0 spiro atoms. The number of methoxy groups -OCH3 is 2. The Balaban J connectivity index is 1.49. The molecular formula is C27H25N3O5. The highest BCUT2D eigenvalue weighted by Gasteiger charge is 2.15. The molecule has 35 heavy (non-hydrogen) atoms. The number of aromatic nitrogens is 1. The summed E-state index contributed by atoms with van der Waals surface area (Å²) < 4.78 is 10.1. The van der Waals surface area contributed by atoms with Gasteiger partial charge in [-0.2, -0.15) is 0 Å². The number of amides is 2. The molecule has 1 heterocycles. The number of hydrogen-bond donors (Lipinski definition) is 3. The molecule has 8 heteroatoms. The highest BCUT2D eigenvalue weighted by Crippen LogP contribution is 2.22. The van der Waals surface area contributed by atoms with Crippen LogP contribution in [-0.2, 0) is 22.5 Å². The van der Waals surface area contributed by atoms with Gasteiger partial charge in [-0.1, -0.05) is 30.3 Å². The molecule has 0 aliphatic carbocycles. The zero-order valence-electron chi connectivity index (χ0n) is 19.4. The summed E-state index contributed by atoms with van der Waals surface area (Å²) in [6.45, 7) is 0.170. The lowest BCUT2D eigenvalue weighted by atomic mass is 10.1. The van der Waals surface area contributed by atoms with Crippen LogP contribution >= 0.6 is 0 Å². The van der Waals surface area contributed by atoms with Gasteiger partial charge in [-0.05, 0) is 47.5 Å². The first kappa shape index (κ1) is 23.6. The summed E-state index contributed by atoms with van der Waals surface area (Å²) in [6.07, 6.45) is 2.03. The SMILES string of the molecule is COC(=O)c1cc(CNC(=O)Cc2c[nH]c3ccccc23)cc(NC(=O)c2ccccc2OC)c1. The number of ether oxygens (including phenoxy) is 2. The third-order valence-electron chi connectivity index (χ3n) is 5.54. The second kappa shape index (κ2) is 10.6. The fraction of sp³-hybridized carbons (Fsp3) is 0.148. The van der Waals surface area contributed by atoms with Crippen molar-refractivity contribution in [3.05, 3.63) is 95.2 Å². The van der Waals surface area contributed by atoms with E-state index in [0.717, 1.165) is 16.5 Å². The summed E-state index contributed by atoms with van der Waals surface area (Å²) in [5.41, 5.74) is 3.50. The minimum atomic E-state index is -0.551. The molecule has 0 radical (unpaired) electrons. The summed E-state index contributed by atoms with van der Waals surface area (Å²) in [5, 5.41) is 6.67. The number of nitrogens with one attached hydrogen (secondary N) is 3. The number of rotatable bonds is 8. The highest BCUT2D eigenvalue weighted by atomic mass is 16.5. The van der Waals surface area contributed by atoms with E-state index in [4.69, 9.17) is 9.47 Å². The van der Waals surface area contributed by atoms with Crippen molar-refractivity contribution in [3.63, 3.8) is 0 Å². The molecule has 8 nitrogen and oxygen atoms in total. The Hall–Kier alpha value is -4.59. The van der Waals surface area contributed by atoms with Crippen LogP contribution in [0.1, 0.15) is 31.8 Å².